The van der Waals surface area contributed by atoms with Gasteiger partial charge in [0.2, 0.25) is 0 Å². The molecule has 156 valence electrons. The highest BCUT2D eigenvalue weighted by molar-refractivity contribution is 5.39. The average Bonchev–Trinajstić information content (AvgIpc) is 3.02. The van der Waals surface area contributed by atoms with E-state index < -0.39 is 0 Å². The minimum Gasteiger partial charge on any atom is -0.0836 e. The van der Waals surface area contributed by atoms with Gasteiger partial charge in [-0.2, -0.15) is 0 Å². The lowest BCUT2D eigenvalue weighted by Crippen LogP contribution is -2.48. The third kappa shape index (κ3) is 3.18. The second-order valence-corrected chi connectivity index (χ2v) is 11.8. The first-order valence-corrected chi connectivity index (χ1v) is 12.3. The molecule has 0 aromatic carbocycles. The van der Waals surface area contributed by atoms with E-state index in [4.69, 9.17) is 0 Å². The van der Waals surface area contributed by atoms with Gasteiger partial charge in [-0.25, -0.2) is 0 Å². The van der Waals surface area contributed by atoms with Crippen LogP contribution in [0.25, 0.3) is 0 Å². The van der Waals surface area contributed by atoms with E-state index in [1.54, 1.807) is 5.57 Å². The Morgan fingerprint density at radius 1 is 1.00 bits per heavy atom. The molecule has 0 N–H and O–H groups in total. The molecule has 0 saturated heterocycles. The molecule has 2 fully saturated rings. The lowest BCUT2D eigenvalue weighted by molar-refractivity contribution is -0.0226. The number of hydrogen-bond donors (Lipinski definition) is 0. The first kappa shape index (κ1) is 20.5. The van der Waals surface area contributed by atoms with Crippen LogP contribution in [0.1, 0.15) is 86.5 Å². The van der Waals surface area contributed by atoms with Crippen molar-refractivity contribution in [3.05, 3.63) is 36.0 Å². The van der Waals surface area contributed by atoms with Crippen molar-refractivity contribution in [3.8, 4) is 0 Å². The van der Waals surface area contributed by atoms with Crippen LogP contribution in [0.2, 0.25) is 0 Å². The quantitative estimate of drug-likeness (QED) is 0.450. The van der Waals surface area contributed by atoms with Crippen LogP contribution < -0.4 is 0 Å². The van der Waals surface area contributed by atoms with E-state index in [-0.39, 0.29) is 0 Å². The molecule has 0 spiro atoms. The largest absolute Gasteiger partial charge is 0.0836 e. The third-order valence-electron chi connectivity index (χ3n) is 10.2. The zero-order valence-corrected chi connectivity index (χ0v) is 19.4. The summed E-state index contributed by atoms with van der Waals surface area (Å²) in [4.78, 5) is 0. The van der Waals surface area contributed by atoms with E-state index in [9.17, 15) is 0 Å². The van der Waals surface area contributed by atoms with E-state index in [0.29, 0.717) is 10.8 Å². The molecule has 0 amide bonds. The van der Waals surface area contributed by atoms with Crippen LogP contribution in [0, 0.1) is 52.3 Å². The van der Waals surface area contributed by atoms with Gasteiger partial charge in [0.25, 0.3) is 0 Å². The smallest absolute Gasteiger partial charge is 0.000690 e. The lowest BCUT2D eigenvalue weighted by atomic mass is 9.48. The molecule has 0 heteroatoms. The van der Waals surface area contributed by atoms with Gasteiger partial charge in [0.05, 0.1) is 0 Å². The van der Waals surface area contributed by atoms with E-state index >= 15 is 0 Å². The van der Waals surface area contributed by atoms with Gasteiger partial charge >= 0.3 is 0 Å². The molecule has 0 radical (unpaired) electrons. The van der Waals surface area contributed by atoms with Gasteiger partial charge in [0.15, 0.2) is 0 Å². The summed E-state index contributed by atoms with van der Waals surface area (Å²) in [5.41, 5.74) is 2.57. The number of rotatable bonds is 5. The highest BCUT2D eigenvalue weighted by Gasteiger charge is 2.58. The molecule has 0 nitrogen and oxygen atoms in total. The maximum Gasteiger partial charge on any atom is -0.000690 e. The van der Waals surface area contributed by atoms with Crippen molar-refractivity contribution in [1.29, 1.82) is 0 Å². The molecular weight excluding hydrogens is 336 g/mol. The molecule has 28 heavy (non-hydrogen) atoms. The van der Waals surface area contributed by atoms with E-state index in [2.05, 4.69) is 71.9 Å². The summed E-state index contributed by atoms with van der Waals surface area (Å²) in [5, 5.41) is 0. The zero-order chi connectivity index (χ0) is 20.1. The van der Waals surface area contributed by atoms with Crippen LogP contribution in [-0.4, -0.2) is 0 Å². The summed E-state index contributed by atoms with van der Waals surface area (Å²) in [5.74, 6) is 6.14. The summed E-state index contributed by atoms with van der Waals surface area (Å²) in [6.45, 7) is 15.1. The van der Waals surface area contributed by atoms with Gasteiger partial charge in [-0.1, -0.05) is 84.8 Å². The molecule has 1 unspecified atom stereocenters. The molecule has 0 bridgehead atoms. The fourth-order valence-electron chi connectivity index (χ4n) is 7.86. The van der Waals surface area contributed by atoms with E-state index in [0.717, 1.165) is 41.4 Å². The molecule has 4 rings (SSSR count). The molecular formula is C28H44. The third-order valence-corrected chi connectivity index (χ3v) is 10.2. The first-order chi connectivity index (χ1) is 13.3. The van der Waals surface area contributed by atoms with Crippen molar-refractivity contribution in [3.63, 3.8) is 0 Å². The fourth-order valence-corrected chi connectivity index (χ4v) is 7.86. The Kier molecular flexibility index (Phi) is 5.47. The topological polar surface area (TPSA) is 0 Å². The SMILES string of the molecule is CC(C)C(C)CC[C@@H](C)[C@H]1CC[C@H]2[C@@H]3C=CC4=CC=CC[C@]4(C)[C@H]3CC[C@]12C. The van der Waals surface area contributed by atoms with Gasteiger partial charge in [-0.15, -0.1) is 0 Å². The summed E-state index contributed by atoms with van der Waals surface area (Å²) in [6, 6.07) is 0. The van der Waals surface area contributed by atoms with Crippen LogP contribution in [0.5, 0.6) is 0 Å². The van der Waals surface area contributed by atoms with Gasteiger partial charge in [0.1, 0.15) is 0 Å². The second kappa shape index (κ2) is 7.48. The van der Waals surface area contributed by atoms with Gasteiger partial charge in [0, 0.05) is 0 Å². The number of fused-ring (bicyclic) bond motifs is 5. The minimum absolute atomic E-state index is 0.395. The van der Waals surface area contributed by atoms with Crippen LogP contribution in [0.15, 0.2) is 36.0 Å². The Morgan fingerprint density at radius 3 is 2.54 bits per heavy atom. The first-order valence-electron chi connectivity index (χ1n) is 12.3. The monoisotopic (exact) mass is 380 g/mol. The molecule has 0 heterocycles. The van der Waals surface area contributed by atoms with Crippen LogP contribution in [-0.2, 0) is 0 Å². The number of hydrogen-bond acceptors (Lipinski definition) is 0. The zero-order valence-electron chi connectivity index (χ0n) is 19.4. The van der Waals surface area contributed by atoms with Crippen molar-refractivity contribution >= 4 is 0 Å². The molecule has 4 aliphatic rings. The molecule has 0 aromatic rings. The number of allylic oxidation sites excluding steroid dienone is 6. The Bertz CT molecular complexity index is 664. The predicted molar refractivity (Wildman–Crippen MR) is 122 cm³/mol. The molecule has 4 aliphatic carbocycles. The summed E-state index contributed by atoms with van der Waals surface area (Å²) in [6.07, 6.45) is 22.2. The summed E-state index contributed by atoms with van der Waals surface area (Å²) in [7, 11) is 0. The van der Waals surface area contributed by atoms with Crippen molar-refractivity contribution < 1.29 is 0 Å². The maximum absolute atomic E-state index is 2.69. The van der Waals surface area contributed by atoms with Crippen molar-refractivity contribution in [1.82, 2.24) is 0 Å². The normalized spacial score (nSPS) is 43.9. The lowest BCUT2D eigenvalue weighted by Gasteiger charge is -2.56. The summed E-state index contributed by atoms with van der Waals surface area (Å²) < 4.78 is 0. The molecule has 0 aliphatic heterocycles. The Labute approximate surface area is 175 Å². The minimum atomic E-state index is 0.395. The standard InChI is InChI=1S/C28H44/c1-19(2)20(3)10-11-21(4)24-14-15-25-23-13-12-22-9-7-8-17-27(22,5)26(23)16-18-28(24,25)6/h7-9,12-13,19-21,23-26H,10-11,14-18H2,1-6H3/t20?,21-,23+,24-,25+,26+,27+,28-/m1/s1. The van der Waals surface area contributed by atoms with E-state index in [1.165, 1.54) is 44.9 Å². The van der Waals surface area contributed by atoms with Gasteiger partial charge in [-0.3, -0.25) is 0 Å². The van der Waals surface area contributed by atoms with Crippen LogP contribution in [0.4, 0.5) is 0 Å². The second-order valence-electron chi connectivity index (χ2n) is 11.8. The van der Waals surface area contributed by atoms with Crippen LogP contribution in [0.3, 0.4) is 0 Å². The van der Waals surface area contributed by atoms with Gasteiger partial charge < -0.3 is 0 Å². The highest BCUT2D eigenvalue weighted by Crippen LogP contribution is 2.66. The predicted octanol–water partition coefficient (Wildman–Crippen LogP) is 8.22. The Hall–Kier alpha value is -0.780. The molecule has 8 atom stereocenters. The Balaban J connectivity index is 1.51. The average molecular weight is 381 g/mol. The Morgan fingerprint density at radius 2 is 1.79 bits per heavy atom. The highest BCUT2D eigenvalue weighted by atomic mass is 14.6. The summed E-state index contributed by atoms with van der Waals surface area (Å²) >= 11 is 0. The molecule has 0 aromatic heterocycles. The fraction of sp³-hybridized carbons (Fsp3) is 0.786. The van der Waals surface area contributed by atoms with Crippen LogP contribution >= 0.6 is 0 Å². The van der Waals surface area contributed by atoms with Gasteiger partial charge in [-0.05, 0) is 89.9 Å². The van der Waals surface area contributed by atoms with E-state index in [1.807, 2.05) is 0 Å². The van der Waals surface area contributed by atoms with Crippen molar-refractivity contribution in [2.45, 2.75) is 86.5 Å². The van der Waals surface area contributed by atoms with Crippen molar-refractivity contribution in [2.24, 2.45) is 52.3 Å². The maximum atomic E-state index is 2.69. The molecule has 2 saturated carbocycles. The van der Waals surface area contributed by atoms with Crippen molar-refractivity contribution in [2.75, 3.05) is 0 Å².